The smallest absolute Gasteiger partial charge is 0.422 e. The number of anilines is 1. The fourth-order valence-corrected chi connectivity index (χ4v) is 4.17. The molecule has 0 spiro atoms. The van der Waals surface area contributed by atoms with Gasteiger partial charge in [-0.3, -0.25) is 0 Å². The molecule has 4 rings (SSSR count). The van der Waals surface area contributed by atoms with Gasteiger partial charge in [0.05, 0.1) is 6.61 Å². The van der Waals surface area contributed by atoms with Gasteiger partial charge in [-0.05, 0) is 43.2 Å². The summed E-state index contributed by atoms with van der Waals surface area (Å²) in [4.78, 5) is 10.6. The maximum atomic E-state index is 12.9. The van der Waals surface area contributed by atoms with Crippen molar-refractivity contribution in [3.8, 4) is 11.9 Å². The molecule has 1 fully saturated rings. The number of nitriles is 1. The molecule has 0 radical (unpaired) electrons. The van der Waals surface area contributed by atoms with Gasteiger partial charge in [0.25, 0.3) is 0 Å². The number of hydrogen-bond acceptors (Lipinski definition) is 7. The summed E-state index contributed by atoms with van der Waals surface area (Å²) in [6, 6.07) is 10.1. The van der Waals surface area contributed by atoms with E-state index in [0.29, 0.717) is 25.5 Å². The number of fused-ring (bicyclic) bond motifs is 1. The van der Waals surface area contributed by atoms with E-state index in [1.807, 2.05) is 23.1 Å². The standard InChI is InChI=1S/C24H27F3N4O3/c25-24(26,27)16-34-23-19(15-28)22(31-11-8-17-5-1-2-6-18(17)9-12-31)29-20(30-23)10-14-33-21-7-3-4-13-32-21/h1-2,5-6,21H,3-4,7-14,16H2. The lowest BCUT2D eigenvalue weighted by Gasteiger charge is -2.24. The van der Waals surface area contributed by atoms with E-state index >= 15 is 0 Å². The Morgan fingerprint density at radius 3 is 2.47 bits per heavy atom. The van der Waals surface area contributed by atoms with Gasteiger partial charge in [-0.1, -0.05) is 24.3 Å². The zero-order chi connectivity index (χ0) is 24.0. The van der Waals surface area contributed by atoms with E-state index in [4.69, 9.17) is 14.2 Å². The summed E-state index contributed by atoms with van der Waals surface area (Å²) in [5.74, 6) is 0.214. The predicted molar refractivity (Wildman–Crippen MR) is 118 cm³/mol. The first kappa shape index (κ1) is 24.2. The molecule has 0 bridgehead atoms. The van der Waals surface area contributed by atoms with Crippen LogP contribution in [0.3, 0.4) is 0 Å². The molecule has 3 heterocycles. The molecule has 1 aromatic carbocycles. The van der Waals surface area contributed by atoms with Gasteiger partial charge >= 0.3 is 6.18 Å². The van der Waals surface area contributed by atoms with Crippen molar-refractivity contribution in [3.63, 3.8) is 0 Å². The summed E-state index contributed by atoms with van der Waals surface area (Å²) < 4.78 is 54.8. The SMILES string of the molecule is N#Cc1c(OCC(F)(F)F)nc(CCOC2CCCCO2)nc1N1CCc2ccccc2CC1. The monoisotopic (exact) mass is 476 g/mol. The van der Waals surface area contributed by atoms with Crippen LogP contribution in [0.15, 0.2) is 24.3 Å². The van der Waals surface area contributed by atoms with Gasteiger partial charge < -0.3 is 19.1 Å². The van der Waals surface area contributed by atoms with Gasteiger partial charge in [0, 0.05) is 26.1 Å². The highest BCUT2D eigenvalue weighted by atomic mass is 19.4. The second kappa shape index (κ2) is 11.0. The average Bonchev–Trinajstić information content (AvgIpc) is 3.05. The number of ether oxygens (including phenoxy) is 3. The third kappa shape index (κ3) is 6.36. The van der Waals surface area contributed by atoms with E-state index < -0.39 is 12.8 Å². The molecule has 1 saturated heterocycles. The van der Waals surface area contributed by atoms with Crippen LogP contribution >= 0.6 is 0 Å². The van der Waals surface area contributed by atoms with Crippen LogP contribution in [0.2, 0.25) is 0 Å². The highest BCUT2D eigenvalue weighted by Gasteiger charge is 2.31. The predicted octanol–water partition coefficient (Wildman–Crippen LogP) is 3.98. The lowest BCUT2D eigenvalue weighted by molar-refractivity contribution is -0.161. The molecule has 2 aliphatic rings. The zero-order valence-corrected chi connectivity index (χ0v) is 18.8. The Labute approximate surface area is 196 Å². The molecular formula is C24H27F3N4O3. The number of alkyl halides is 3. The van der Waals surface area contributed by atoms with Crippen molar-refractivity contribution < 1.29 is 27.4 Å². The van der Waals surface area contributed by atoms with Crippen LogP contribution in [0.4, 0.5) is 19.0 Å². The minimum absolute atomic E-state index is 0.0875. The van der Waals surface area contributed by atoms with Crippen LogP contribution < -0.4 is 9.64 Å². The van der Waals surface area contributed by atoms with Crippen LogP contribution in [0, 0.1) is 11.3 Å². The van der Waals surface area contributed by atoms with E-state index in [9.17, 15) is 18.4 Å². The zero-order valence-electron chi connectivity index (χ0n) is 18.8. The Morgan fingerprint density at radius 2 is 1.85 bits per heavy atom. The molecular weight excluding hydrogens is 449 g/mol. The maximum Gasteiger partial charge on any atom is 0.422 e. The van der Waals surface area contributed by atoms with Crippen molar-refractivity contribution in [2.45, 2.75) is 51.0 Å². The fraction of sp³-hybridized carbons (Fsp3) is 0.542. The van der Waals surface area contributed by atoms with Crippen LogP contribution in [-0.4, -0.2) is 55.3 Å². The number of aromatic nitrogens is 2. The number of benzene rings is 1. The molecule has 7 nitrogen and oxygen atoms in total. The summed E-state index contributed by atoms with van der Waals surface area (Å²) in [7, 11) is 0. The van der Waals surface area contributed by atoms with E-state index in [1.54, 1.807) is 0 Å². The summed E-state index contributed by atoms with van der Waals surface area (Å²) >= 11 is 0. The maximum absolute atomic E-state index is 12.9. The first-order valence-electron chi connectivity index (χ1n) is 11.5. The molecule has 1 aromatic heterocycles. The second-order valence-electron chi connectivity index (χ2n) is 8.33. The first-order chi connectivity index (χ1) is 16.4. The van der Waals surface area contributed by atoms with Crippen molar-refractivity contribution in [2.75, 3.05) is 37.8 Å². The lowest BCUT2D eigenvalue weighted by Crippen LogP contribution is -2.29. The molecule has 0 amide bonds. The number of halogens is 3. The highest BCUT2D eigenvalue weighted by Crippen LogP contribution is 2.29. The Kier molecular flexibility index (Phi) is 7.85. The average molecular weight is 476 g/mol. The Morgan fingerprint density at radius 1 is 1.12 bits per heavy atom. The molecule has 0 aliphatic carbocycles. The van der Waals surface area contributed by atoms with Gasteiger partial charge in [-0.15, -0.1) is 0 Å². The molecule has 0 N–H and O–H groups in total. The Hall–Kier alpha value is -2.90. The van der Waals surface area contributed by atoms with Gasteiger partial charge in [-0.25, -0.2) is 4.98 Å². The van der Waals surface area contributed by atoms with Crippen molar-refractivity contribution >= 4 is 5.82 Å². The van der Waals surface area contributed by atoms with Crippen molar-refractivity contribution in [2.24, 2.45) is 0 Å². The molecule has 0 saturated carbocycles. The topological polar surface area (TPSA) is 80.5 Å². The second-order valence-corrected chi connectivity index (χ2v) is 8.33. The van der Waals surface area contributed by atoms with Crippen molar-refractivity contribution in [1.82, 2.24) is 9.97 Å². The molecule has 1 unspecified atom stereocenters. The van der Waals surface area contributed by atoms with E-state index in [-0.39, 0.29) is 36.6 Å². The first-order valence-corrected chi connectivity index (χ1v) is 11.5. The Balaban J connectivity index is 1.56. The summed E-state index contributed by atoms with van der Waals surface area (Å²) in [5.41, 5.74) is 2.34. The van der Waals surface area contributed by atoms with Crippen LogP contribution in [0.5, 0.6) is 5.88 Å². The fourth-order valence-electron chi connectivity index (χ4n) is 4.17. The minimum Gasteiger partial charge on any atom is -0.467 e. The van der Waals surface area contributed by atoms with Gasteiger partial charge in [0.1, 0.15) is 11.9 Å². The van der Waals surface area contributed by atoms with Crippen LogP contribution in [0.1, 0.15) is 41.8 Å². The molecule has 2 aliphatic heterocycles. The summed E-state index contributed by atoms with van der Waals surface area (Å²) in [6.07, 6.45) is -0.289. The van der Waals surface area contributed by atoms with Crippen molar-refractivity contribution in [1.29, 1.82) is 5.26 Å². The lowest BCUT2D eigenvalue weighted by atomic mass is 10.0. The molecule has 182 valence electrons. The van der Waals surface area contributed by atoms with Crippen LogP contribution in [-0.2, 0) is 28.7 Å². The molecule has 10 heteroatoms. The van der Waals surface area contributed by atoms with Gasteiger partial charge in [0.15, 0.2) is 24.3 Å². The third-order valence-electron chi connectivity index (χ3n) is 5.87. The number of nitrogens with zero attached hydrogens (tertiary/aromatic N) is 4. The van der Waals surface area contributed by atoms with E-state index in [2.05, 4.69) is 22.1 Å². The van der Waals surface area contributed by atoms with Gasteiger partial charge in [-0.2, -0.15) is 23.4 Å². The van der Waals surface area contributed by atoms with E-state index in [1.165, 1.54) is 11.1 Å². The third-order valence-corrected chi connectivity index (χ3v) is 5.87. The molecule has 1 atom stereocenters. The van der Waals surface area contributed by atoms with E-state index in [0.717, 1.165) is 32.1 Å². The normalized spacial score (nSPS) is 18.6. The number of rotatable bonds is 7. The molecule has 34 heavy (non-hydrogen) atoms. The quantitative estimate of drug-likeness (QED) is 0.598. The minimum atomic E-state index is -4.55. The van der Waals surface area contributed by atoms with Crippen LogP contribution in [0.25, 0.3) is 0 Å². The highest BCUT2D eigenvalue weighted by molar-refractivity contribution is 5.59. The summed E-state index contributed by atoms with van der Waals surface area (Å²) in [6.45, 7) is 0.519. The van der Waals surface area contributed by atoms with Gasteiger partial charge in [0.2, 0.25) is 5.88 Å². The number of hydrogen-bond donors (Lipinski definition) is 0. The van der Waals surface area contributed by atoms with Crippen molar-refractivity contribution in [3.05, 3.63) is 46.8 Å². The summed E-state index contributed by atoms with van der Waals surface area (Å²) in [5, 5.41) is 9.78. The Bertz CT molecular complexity index is 992. The largest absolute Gasteiger partial charge is 0.467 e. The molecule has 2 aromatic rings.